The van der Waals surface area contributed by atoms with Gasteiger partial charge in [0.15, 0.2) is 0 Å². The average molecular weight is 259 g/mol. The van der Waals surface area contributed by atoms with Crippen LogP contribution in [0.5, 0.6) is 0 Å². The van der Waals surface area contributed by atoms with Gasteiger partial charge in [0.25, 0.3) is 0 Å². The van der Waals surface area contributed by atoms with Gasteiger partial charge in [-0.3, -0.25) is 0 Å². The second-order valence-electron chi connectivity index (χ2n) is 5.30. The van der Waals surface area contributed by atoms with Gasteiger partial charge in [-0.1, -0.05) is 0 Å². The molecule has 2 atom stereocenters. The van der Waals surface area contributed by atoms with Gasteiger partial charge in [-0.2, -0.15) is 0 Å². The van der Waals surface area contributed by atoms with Gasteiger partial charge < -0.3 is 0 Å². The van der Waals surface area contributed by atoms with Gasteiger partial charge in [-0.15, -0.1) is 0 Å². The van der Waals surface area contributed by atoms with Crippen molar-refractivity contribution in [1.29, 1.82) is 0 Å². The second-order valence-corrected chi connectivity index (χ2v) is 7.98. The zero-order valence-electron chi connectivity index (χ0n) is 9.43. The Labute approximate surface area is 93.2 Å². The first-order chi connectivity index (χ1) is 6.54. The number of ketones is 1. The summed E-state index contributed by atoms with van der Waals surface area (Å²) in [6, 6.07) is 0. The van der Waals surface area contributed by atoms with Crippen molar-refractivity contribution in [1.82, 2.24) is 0 Å². The van der Waals surface area contributed by atoms with E-state index in [4.69, 9.17) is 0 Å². The van der Waals surface area contributed by atoms with Gasteiger partial charge in [0, 0.05) is 0 Å². The van der Waals surface area contributed by atoms with E-state index in [0.717, 1.165) is 6.42 Å². The third-order valence-corrected chi connectivity index (χ3v) is 7.01. The van der Waals surface area contributed by atoms with Gasteiger partial charge in [-0.05, 0) is 0 Å². The van der Waals surface area contributed by atoms with Crippen LogP contribution in [0.4, 0.5) is 0 Å². The molecule has 1 nitrogen and oxygen atoms in total. The third kappa shape index (κ3) is 1.17. The number of carbonyl (C=O) groups is 1. The minimum atomic E-state index is 0.105. The number of rotatable bonds is 3. The van der Waals surface area contributed by atoms with Crippen LogP contribution in [0.1, 0.15) is 40.0 Å². The molecule has 80 valence electrons. The molecule has 2 bridgehead atoms. The molecule has 0 unspecified atom stereocenters. The Morgan fingerprint density at radius 1 is 1.50 bits per heavy atom. The number of fused-ring (bicyclic) bond motifs is 2. The molecule has 2 fully saturated rings. The zero-order valence-corrected chi connectivity index (χ0v) is 11.1. The molecule has 0 heterocycles. The van der Waals surface area contributed by atoms with Gasteiger partial charge >= 0.3 is 93.0 Å². The van der Waals surface area contributed by atoms with Crippen molar-refractivity contribution < 1.29 is 4.79 Å². The molecule has 0 aromatic heterocycles. The topological polar surface area (TPSA) is 17.1 Å². The molecule has 0 N–H and O–H groups in total. The summed E-state index contributed by atoms with van der Waals surface area (Å²) in [5.41, 5.74) is 0.411. The van der Waals surface area contributed by atoms with Crippen LogP contribution >= 0.6 is 0 Å². The summed E-state index contributed by atoms with van der Waals surface area (Å²) in [4.78, 5) is 12.1. The van der Waals surface area contributed by atoms with Crippen LogP contribution in [0.25, 0.3) is 0 Å². The molecule has 0 aliphatic heterocycles. The molecule has 2 heteroatoms. The molecule has 2 saturated carbocycles. The van der Waals surface area contributed by atoms with Gasteiger partial charge in [0.2, 0.25) is 0 Å². The number of hydrogen-bond donors (Lipinski definition) is 0. The van der Waals surface area contributed by atoms with Crippen LogP contribution in [-0.4, -0.2) is 20.7 Å². The van der Waals surface area contributed by atoms with Crippen LogP contribution in [0.3, 0.4) is 0 Å². The molecule has 0 saturated heterocycles. The Bertz CT molecular complexity index is 259. The first-order valence-electron chi connectivity index (χ1n) is 5.65. The van der Waals surface area contributed by atoms with Gasteiger partial charge in [0.1, 0.15) is 0 Å². The minimum absolute atomic E-state index is 0.105. The Morgan fingerprint density at radius 2 is 2.21 bits per heavy atom. The van der Waals surface area contributed by atoms with Crippen molar-refractivity contribution in [3.05, 3.63) is 0 Å². The molecule has 0 amide bonds. The van der Waals surface area contributed by atoms with E-state index in [0.29, 0.717) is 32.1 Å². The summed E-state index contributed by atoms with van der Waals surface area (Å²) in [6.07, 6.45) is 3.37. The second kappa shape index (κ2) is 3.35. The predicted molar refractivity (Wildman–Crippen MR) is 59.6 cm³/mol. The quantitative estimate of drug-likeness (QED) is 0.712. The number of Topliss-reactive ketones (excluding diaryl/α,β-unsaturated/α-hetero) is 1. The van der Waals surface area contributed by atoms with E-state index in [1.807, 2.05) is 0 Å². The van der Waals surface area contributed by atoms with E-state index in [2.05, 4.69) is 20.8 Å². The van der Waals surface area contributed by atoms with Crippen LogP contribution < -0.4 is 0 Å². The predicted octanol–water partition coefficient (Wildman–Crippen LogP) is 2.94. The molecule has 2 aliphatic carbocycles. The molecule has 2 aliphatic rings. The van der Waals surface area contributed by atoms with E-state index in [1.165, 1.54) is 23.5 Å². The molecule has 0 aromatic carbocycles. The summed E-state index contributed by atoms with van der Waals surface area (Å²) in [5, 5.41) is 2.49. The fourth-order valence-electron chi connectivity index (χ4n) is 3.38. The maximum atomic E-state index is 12.1. The van der Waals surface area contributed by atoms with Crippen molar-refractivity contribution in [2.45, 2.75) is 50.7 Å². The van der Waals surface area contributed by atoms with Gasteiger partial charge in [-0.25, -0.2) is 0 Å². The van der Waals surface area contributed by atoms with Crippen molar-refractivity contribution in [2.24, 2.45) is 16.7 Å². The Morgan fingerprint density at radius 3 is 2.64 bits per heavy atom. The summed E-state index contributed by atoms with van der Waals surface area (Å²) in [5.74, 6) is 1.29. The Kier molecular flexibility index (Phi) is 2.56. The molecular formula is C12H20OSe. The van der Waals surface area contributed by atoms with E-state index >= 15 is 0 Å². The summed E-state index contributed by atoms with van der Waals surface area (Å²) >= 11 is 0.687. The van der Waals surface area contributed by atoms with Crippen LogP contribution in [0.2, 0.25) is 10.6 Å². The molecular weight excluding hydrogens is 239 g/mol. The standard InChI is InChI=1S/C12H20OSe/c1-4-14-8-12-6-5-9(7-10(12)13)11(12,2)3/h9H,4-8H2,1-3H3/t9-,12-/m1/s1. The summed E-state index contributed by atoms with van der Waals surface area (Å²) in [7, 11) is 0. The van der Waals surface area contributed by atoms with Crippen LogP contribution in [-0.2, 0) is 4.79 Å². The SMILES string of the molecule is CC[Se]C[C@]12CC[C@H](CC1=O)C2(C)C. The zero-order chi connectivity index (χ0) is 10.4. The van der Waals surface area contributed by atoms with Crippen LogP contribution in [0.15, 0.2) is 0 Å². The molecule has 0 radical (unpaired) electrons. The average Bonchev–Trinajstić information content (AvgIpc) is 2.48. The number of carbonyl (C=O) groups excluding carboxylic acids is 1. The monoisotopic (exact) mass is 260 g/mol. The Balaban J connectivity index is 2.25. The van der Waals surface area contributed by atoms with E-state index in [-0.39, 0.29) is 5.41 Å². The van der Waals surface area contributed by atoms with E-state index in [1.54, 1.807) is 0 Å². The normalized spacial score (nSPS) is 39.4. The van der Waals surface area contributed by atoms with Crippen LogP contribution in [0, 0.1) is 16.7 Å². The molecule has 0 aromatic rings. The maximum absolute atomic E-state index is 12.1. The van der Waals surface area contributed by atoms with Crippen molar-refractivity contribution >= 4 is 20.7 Å². The Hall–Kier alpha value is 0.189. The summed E-state index contributed by atoms with van der Waals surface area (Å²) < 4.78 is 0. The van der Waals surface area contributed by atoms with Crippen molar-refractivity contribution in [3.63, 3.8) is 0 Å². The fourth-order valence-corrected chi connectivity index (χ4v) is 5.96. The molecule has 14 heavy (non-hydrogen) atoms. The molecule has 2 rings (SSSR count). The van der Waals surface area contributed by atoms with Crippen molar-refractivity contribution in [3.8, 4) is 0 Å². The first-order valence-corrected chi connectivity index (χ1v) is 8.08. The number of hydrogen-bond acceptors (Lipinski definition) is 1. The fraction of sp³-hybridized carbons (Fsp3) is 0.917. The van der Waals surface area contributed by atoms with E-state index in [9.17, 15) is 4.79 Å². The molecule has 0 spiro atoms. The van der Waals surface area contributed by atoms with E-state index < -0.39 is 0 Å². The van der Waals surface area contributed by atoms with Crippen molar-refractivity contribution in [2.75, 3.05) is 0 Å². The first kappa shape index (κ1) is 10.7. The summed E-state index contributed by atoms with van der Waals surface area (Å²) in [6.45, 7) is 6.91. The third-order valence-electron chi connectivity index (χ3n) is 4.69. The van der Waals surface area contributed by atoms with Gasteiger partial charge in [0.05, 0.1) is 0 Å².